The summed E-state index contributed by atoms with van der Waals surface area (Å²) in [6.45, 7) is 0.532. The van der Waals surface area contributed by atoms with Crippen molar-refractivity contribution in [2.45, 2.75) is 6.61 Å². The van der Waals surface area contributed by atoms with Crippen LogP contribution in [0.5, 0.6) is 17.2 Å². The summed E-state index contributed by atoms with van der Waals surface area (Å²) >= 11 is 6.10. The van der Waals surface area contributed by atoms with Crippen LogP contribution in [0.3, 0.4) is 0 Å². The van der Waals surface area contributed by atoms with Gasteiger partial charge in [0.25, 0.3) is 0 Å². The molecule has 0 unspecified atom stereocenters. The maximum absolute atomic E-state index is 6.10. The average molecular weight is 293 g/mol. The van der Waals surface area contributed by atoms with Crippen molar-refractivity contribution in [3.05, 3.63) is 41.0 Å². The van der Waals surface area contributed by atoms with Gasteiger partial charge in [0.2, 0.25) is 6.79 Å². The number of nitrogens with one attached hydrogen (secondary N) is 1. The lowest BCUT2D eigenvalue weighted by Gasteiger charge is -2.09. The lowest BCUT2D eigenvalue weighted by molar-refractivity contribution is 0.173. The van der Waals surface area contributed by atoms with Crippen molar-refractivity contribution in [3.8, 4) is 17.2 Å². The number of pyridine rings is 1. The summed E-state index contributed by atoms with van der Waals surface area (Å²) in [4.78, 5) is 4.35. The van der Waals surface area contributed by atoms with Crippen molar-refractivity contribution in [1.82, 2.24) is 4.98 Å². The van der Waals surface area contributed by atoms with Crippen LogP contribution in [-0.2, 0) is 6.61 Å². The van der Waals surface area contributed by atoms with Crippen LogP contribution in [0.15, 0.2) is 30.3 Å². The van der Waals surface area contributed by atoms with Gasteiger partial charge in [0.05, 0.1) is 10.7 Å². The molecule has 20 heavy (non-hydrogen) atoms. The minimum absolute atomic E-state index is 0.246. The van der Waals surface area contributed by atoms with E-state index in [1.165, 1.54) is 0 Å². The van der Waals surface area contributed by atoms with Gasteiger partial charge < -0.3 is 19.5 Å². The zero-order valence-corrected chi connectivity index (χ0v) is 11.6. The predicted octanol–water partition coefficient (Wildman–Crippen LogP) is 3.08. The first-order valence-corrected chi connectivity index (χ1v) is 6.49. The molecule has 104 valence electrons. The van der Waals surface area contributed by atoms with Crippen LogP contribution >= 0.6 is 11.6 Å². The molecule has 1 aromatic carbocycles. The van der Waals surface area contributed by atoms with E-state index in [-0.39, 0.29) is 13.4 Å². The third-order valence-electron chi connectivity index (χ3n) is 2.89. The number of aromatic nitrogens is 1. The molecule has 3 rings (SSSR count). The monoisotopic (exact) mass is 292 g/mol. The third-order valence-corrected chi connectivity index (χ3v) is 3.24. The molecule has 6 heteroatoms. The number of rotatable bonds is 4. The zero-order chi connectivity index (χ0) is 13.9. The lowest BCUT2D eigenvalue weighted by atomic mass is 10.3. The smallest absolute Gasteiger partial charge is 0.231 e. The van der Waals surface area contributed by atoms with E-state index in [1.54, 1.807) is 19.2 Å². The Bertz CT molecular complexity index is 634. The maximum Gasteiger partial charge on any atom is 0.231 e. The van der Waals surface area contributed by atoms with Gasteiger partial charge in [-0.1, -0.05) is 11.6 Å². The topological polar surface area (TPSA) is 52.6 Å². The van der Waals surface area contributed by atoms with Gasteiger partial charge in [0.15, 0.2) is 11.5 Å². The van der Waals surface area contributed by atoms with E-state index >= 15 is 0 Å². The summed E-state index contributed by atoms with van der Waals surface area (Å²) in [5.74, 6) is 2.84. The van der Waals surface area contributed by atoms with Crippen molar-refractivity contribution in [2.24, 2.45) is 0 Å². The second kappa shape index (κ2) is 5.46. The summed E-state index contributed by atoms with van der Waals surface area (Å²) in [6.07, 6.45) is 0. The van der Waals surface area contributed by atoms with Gasteiger partial charge in [-0.3, -0.25) is 0 Å². The normalized spacial score (nSPS) is 12.3. The Morgan fingerprint density at radius 2 is 2.10 bits per heavy atom. The van der Waals surface area contributed by atoms with E-state index in [0.717, 1.165) is 11.6 Å². The van der Waals surface area contributed by atoms with Crippen LogP contribution < -0.4 is 19.5 Å². The number of ether oxygens (including phenoxy) is 3. The molecule has 0 fully saturated rings. The predicted molar refractivity (Wildman–Crippen MR) is 75.7 cm³/mol. The molecule has 0 radical (unpaired) electrons. The molecule has 5 nitrogen and oxygen atoms in total. The summed E-state index contributed by atoms with van der Waals surface area (Å²) in [5.41, 5.74) is 0.677. The maximum atomic E-state index is 6.10. The van der Waals surface area contributed by atoms with E-state index in [4.69, 9.17) is 25.8 Å². The number of halogens is 1. The Kier molecular flexibility index (Phi) is 3.52. The number of hydrogen-bond acceptors (Lipinski definition) is 5. The van der Waals surface area contributed by atoms with Gasteiger partial charge in [0.1, 0.15) is 18.2 Å². The molecule has 0 aliphatic carbocycles. The van der Waals surface area contributed by atoms with Crippen molar-refractivity contribution < 1.29 is 14.2 Å². The highest BCUT2D eigenvalue weighted by atomic mass is 35.5. The van der Waals surface area contributed by atoms with Crippen LogP contribution in [0.4, 0.5) is 5.82 Å². The number of hydrogen-bond donors (Lipinski definition) is 1. The van der Waals surface area contributed by atoms with Crippen LogP contribution in [-0.4, -0.2) is 18.8 Å². The minimum Gasteiger partial charge on any atom is -0.487 e. The lowest BCUT2D eigenvalue weighted by Crippen LogP contribution is -2.02. The van der Waals surface area contributed by atoms with Crippen molar-refractivity contribution in [3.63, 3.8) is 0 Å². The van der Waals surface area contributed by atoms with Crippen molar-refractivity contribution >= 4 is 17.4 Å². The third kappa shape index (κ3) is 2.58. The highest BCUT2D eigenvalue weighted by Crippen LogP contribution is 2.35. The number of nitrogens with zero attached hydrogens (tertiary/aromatic N) is 1. The number of anilines is 1. The molecule has 1 aliphatic rings. The number of fused-ring (bicyclic) bond motifs is 1. The summed E-state index contributed by atoms with van der Waals surface area (Å²) in [7, 11) is 1.80. The summed E-state index contributed by atoms with van der Waals surface area (Å²) < 4.78 is 16.2. The highest BCUT2D eigenvalue weighted by molar-refractivity contribution is 6.31. The van der Waals surface area contributed by atoms with E-state index in [9.17, 15) is 0 Å². The van der Waals surface area contributed by atoms with Crippen LogP contribution in [0.25, 0.3) is 0 Å². The zero-order valence-electron chi connectivity index (χ0n) is 10.9. The fourth-order valence-corrected chi connectivity index (χ4v) is 2.00. The van der Waals surface area contributed by atoms with E-state index in [1.807, 2.05) is 18.2 Å². The van der Waals surface area contributed by atoms with Crippen LogP contribution in [0.1, 0.15) is 5.69 Å². The Balaban J connectivity index is 1.73. The SMILES string of the molecule is CNc1ccc(Cl)c(COc2ccc3c(c2)OCO3)n1. The van der Waals surface area contributed by atoms with Gasteiger partial charge in [-0.25, -0.2) is 4.98 Å². The quantitative estimate of drug-likeness (QED) is 0.938. The van der Waals surface area contributed by atoms with Gasteiger partial charge in [-0.05, 0) is 24.3 Å². The molecule has 0 amide bonds. The molecule has 1 aromatic heterocycles. The molecule has 1 aliphatic heterocycles. The first-order valence-electron chi connectivity index (χ1n) is 6.12. The van der Waals surface area contributed by atoms with E-state index in [2.05, 4.69) is 10.3 Å². The van der Waals surface area contributed by atoms with Crippen molar-refractivity contribution in [2.75, 3.05) is 19.2 Å². The molecular weight excluding hydrogens is 280 g/mol. The Hall–Kier alpha value is -2.14. The molecule has 0 saturated heterocycles. The molecule has 0 atom stereocenters. The van der Waals surface area contributed by atoms with Gasteiger partial charge in [-0.2, -0.15) is 0 Å². The molecule has 2 aromatic rings. The van der Waals surface area contributed by atoms with E-state index in [0.29, 0.717) is 22.2 Å². The minimum atomic E-state index is 0.246. The summed E-state index contributed by atoms with van der Waals surface area (Å²) in [6, 6.07) is 9.03. The molecule has 0 saturated carbocycles. The van der Waals surface area contributed by atoms with Gasteiger partial charge >= 0.3 is 0 Å². The Labute approximate surface area is 121 Å². The fraction of sp³-hybridized carbons (Fsp3) is 0.214. The second-order valence-electron chi connectivity index (χ2n) is 4.18. The first kappa shape index (κ1) is 12.9. The average Bonchev–Trinajstić information content (AvgIpc) is 2.94. The molecular formula is C14H13ClN2O3. The summed E-state index contributed by atoms with van der Waals surface area (Å²) in [5, 5.41) is 3.54. The Morgan fingerprint density at radius 1 is 1.25 bits per heavy atom. The van der Waals surface area contributed by atoms with Crippen molar-refractivity contribution in [1.29, 1.82) is 0 Å². The molecule has 1 N–H and O–H groups in total. The molecule has 0 spiro atoms. The standard InChI is InChI=1S/C14H13ClN2O3/c1-16-14-5-3-10(15)11(17-14)7-18-9-2-4-12-13(6-9)20-8-19-12/h2-6H,7-8H2,1H3,(H,16,17). The van der Waals surface area contributed by atoms with E-state index < -0.39 is 0 Å². The first-order chi connectivity index (χ1) is 9.76. The Morgan fingerprint density at radius 3 is 2.95 bits per heavy atom. The second-order valence-corrected chi connectivity index (χ2v) is 4.59. The number of benzene rings is 1. The molecule has 0 bridgehead atoms. The van der Waals surface area contributed by atoms with Crippen LogP contribution in [0.2, 0.25) is 5.02 Å². The van der Waals surface area contributed by atoms with Gasteiger partial charge in [0, 0.05) is 13.1 Å². The van der Waals surface area contributed by atoms with Crippen LogP contribution in [0, 0.1) is 0 Å². The largest absolute Gasteiger partial charge is 0.487 e. The van der Waals surface area contributed by atoms with Gasteiger partial charge in [-0.15, -0.1) is 0 Å². The molecule has 2 heterocycles. The highest BCUT2D eigenvalue weighted by Gasteiger charge is 2.14. The fourth-order valence-electron chi connectivity index (χ4n) is 1.84.